The van der Waals surface area contributed by atoms with Crippen LogP contribution in [0.4, 0.5) is 11.6 Å². The molecule has 1 aliphatic carbocycles. The van der Waals surface area contributed by atoms with Gasteiger partial charge in [-0.1, -0.05) is 0 Å². The standard InChI is InChI=1S/C22H27N5O2/c1-13-12-23-20(24-13)16-10-9-14(11-18(16)29-4)25-21-26-17-8-6-5-7-15(17)19(27-21)22(2,3)28/h9-12,28H,5-8H2,1-4H3,(H,23,24)(H,25,26,27). The highest BCUT2D eigenvalue weighted by atomic mass is 16.5. The van der Waals surface area contributed by atoms with Crippen molar-refractivity contribution in [3.8, 4) is 17.1 Å². The predicted octanol–water partition coefficient (Wildman–Crippen LogP) is 4.03. The van der Waals surface area contributed by atoms with Gasteiger partial charge < -0.3 is 20.1 Å². The van der Waals surface area contributed by atoms with Crippen molar-refractivity contribution in [3.63, 3.8) is 0 Å². The van der Waals surface area contributed by atoms with Gasteiger partial charge in [0.25, 0.3) is 0 Å². The average molecular weight is 393 g/mol. The van der Waals surface area contributed by atoms with Crippen LogP contribution in [0.5, 0.6) is 5.75 Å². The van der Waals surface area contributed by atoms with Gasteiger partial charge in [0.05, 0.1) is 24.1 Å². The van der Waals surface area contributed by atoms with Crippen molar-refractivity contribution in [3.05, 3.63) is 47.0 Å². The normalized spacial score (nSPS) is 13.8. The fourth-order valence-corrected chi connectivity index (χ4v) is 3.80. The Bertz CT molecular complexity index is 1040. The van der Waals surface area contributed by atoms with Gasteiger partial charge in [-0.2, -0.15) is 0 Å². The summed E-state index contributed by atoms with van der Waals surface area (Å²) in [5.74, 6) is 1.96. The number of anilines is 2. The molecule has 2 heterocycles. The van der Waals surface area contributed by atoms with Crippen LogP contribution in [0.1, 0.15) is 49.3 Å². The number of nitrogens with one attached hydrogen (secondary N) is 2. The van der Waals surface area contributed by atoms with Crippen LogP contribution in [0.25, 0.3) is 11.4 Å². The molecule has 0 unspecified atom stereocenters. The van der Waals surface area contributed by atoms with Gasteiger partial charge in [0.1, 0.15) is 17.2 Å². The molecule has 2 aromatic heterocycles. The first kappa shape index (κ1) is 19.4. The Kier molecular flexibility index (Phi) is 5.00. The molecule has 7 heteroatoms. The molecular weight excluding hydrogens is 366 g/mol. The number of hydrogen-bond acceptors (Lipinski definition) is 6. The van der Waals surface area contributed by atoms with E-state index in [9.17, 15) is 5.11 Å². The summed E-state index contributed by atoms with van der Waals surface area (Å²) in [5, 5.41) is 13.9. The van der Waals surface area contributed by atoms with Gasteiger partial charge in [-0.05, 0) is 64.2 Å². The van der Waals surface area contributed by atoms with Crippen LogP contribution in [0, 0.1) is 6.92 Å². The SMILES string of the molecule is COc1cc(Nc2nc3c(c(C(C)(C)O)n2)CCCC3)ccc1-c1nc(C)c[nH]1. The van der Waals surface area contributed by atoms with E-state index in [0.717, 1.165) is 59.7 Å². The molecule has 1 aromatic carbocycles. The first-order valence-corrected chi connectivity index (χ1v) is 9.95. The zero-order valence-electron chi connectivity index (χ0n) is 17.3. The number of ether oxygens (including phenoxy) is 1. The van der Waals surface area contributed by atoms with E-state index in [2.05, 4.69) is 20.3 Å². The van der Waals surface area contributed by atoms with Crippen LogP contribution < -0.4 is 10.1 Å². The number of aryl methyl sites for hydroxylation is 2. The van der Waals surface area contributed by atoms with E-state index < -0.39 is 5.60 Å². The molecule has 0 radical (unpaired) electrons. The first-order chi connectivity index (χ1) is 13.8. The van der Waals surface area contributed by atoms with Crippen molar-refractivity contribution in [2.75, 3.05) is 12.4 Å². The van der Waals surface area contributed by atoms with Gasteiger partial charge in [-0.25, -0.2) is 15.0 Å². The summed E-state index contributed by atoms with van der Waals surface area (Å²) in [4.78, 5) is 17.0. The van der Waals surface area contributed by atoms with Crippen LogP contribution in [-0.4, -0.2) is 32.2 Å². The zero-order valence-corrected chi connectivity index (χ0v) is 17.3. The number of benzene rings is 1. The van der Waals surface area contributed by atoms with Gasteiger partial charge in [0, 0.05) is 23.6 Å². The minimum Gasteiger partial charge on any atom is -0.496 e. The van der Waals surface area contributed by atoms with Gasteiger partial charge in [-0.3, -0.25) is 0 Å². The second kappa shape index (κ2) is 7.48. The molecule has 29 heavy (non-hydrogen) atoms. The summed E-state index contributed by atoms with van der Waals surface area (Å²) in [7, 11) is 1.64. The number of H-pyrrole nitrogens is 1. The highest BCUT2D eigenvalue weighted by Gasteiger charge is 2.27. The van der Waals surface area contributed by atoms with Crippen molar-refractivity contribution in [1.29, 1.82) is 0 Å². The van der Waals surface area contributed by atoms with E-state index in [1.807, 2.05) is 31.3 Å². The number of rotatable bonds is 5. The fourth-order valence-electron chi connectivity index (χ4n) is 3.80. The molecule has 0 saturated carbocycles. The lowest BCUT2D eigenvalue weighted by Crippen LogP contribution is -2.24. The van der Waals surface area contributed by atoms with Crippen LogP contribution in [0.2, 0.25) is 0 Å². The molecule has 4 rings (SSSR count). The number of aromatic nitrogens is 4. The van der Waals surface area contributed by atoms with Gasteiger partial charge in [0.2, 0.25) is 5.95 Å². The van der Waals surface area contributed by atoms with E-state index in [0.29, 0.717) is 17.4 Å². The molecule has 0 saturated heterocycles. The molecule has 0 spiro atoms. The zero-order chi connectivity index (χ0) is 20.6. The van der Waals surface area contributed by atoms with E-state index >= 15 is 0 Å². The van der Waals surface area contributed by atoms with Crippen LogP contribution in [0.3, 0.4) is 0 Å². The van der Waals surface area contributed by atoms with E-state index in [4.69, 9.17) is 9.72 Å². The summed E-state index contributed by atoms with van der Waals surface area (Å²) in [6.07, 6.45) is 5.91. The maximum absolute atomic E-state index is 10.6. The molecule has 3 N–H and O–H groups in total. The summed E-state index contributed by atoms with van der Waals surface area (Å²) in [6, 6.07) is 5.80. The maximum atomic E-state index is 10.6. The summed E-state index contributed by atoms with van der Waals surface area (Å²) in [6.45, 7) is 5.49. The third-order valence-corrected chi connectivity index (χ3v) is 5.18. The second-order valence-corrected chi connectivity index (χ2v) is 8.02. The smallest absolute Gasteiger partial charge is 0.227 e. The van der Waals surface area contributed by atoms with Crippen LogP contribution >= 0.6 is 0 Å². The largest absolute Gasteiger partial charge is 0.496 e. The fraction of sp³-hybridized carbons (Fsp3) is 0.409. The molecule has 0 atom stereocenters. The lowest BCUT2D eigenvalue weighted by molar-refractivity contribution is 0.0724. The predicted molar refractivity (Wildman–Crippen MR) is 113 cm³/mol. The quantitative estimate of drug-likeness (QED) is 0.606. The number of aromatic amines is 1. The Hall–Kier alpha value is -2.93. The average Bonchev–Trinajstić information content (AvgIpc) is 3.12. The molecule has 1 aliphatic rings. The van der Waals surface area contributed by atoms with Gasteiger partial charge in [0.15, 0.2) is 0 Å². The number of nitrogens with zero attached hydrogens (tertiary/aromatic N) is 3. The van der Waals surface area contributed by atoms with E-state index in [-0.39, 0.29) is 0 Å². The lowest BCUT2D eigenvalue weighted by Gasteiger charge is -2.25. The lowest BCUT2D eigenvalue weighted by atomic mass is 9.89. The molecule has 0 amide bonds. The third kappa shape index (κ3) is 3.96. The third-order valence-electron chi connectivity index (χ3n) is 5.18. The number of methoxy groups -OCH3 is 1. The van der Waals surface area contributed by atoms with E-state index in [1.54, 1.807) is 21.0 Å². The van der Waals surface area contributed by atoms with Gasteiger partial charge >= 0.3 is 0 Å². The van der Waals surface area contributed by atoms with Crippen molar-refractivity contribution in [1.82, 2.24) is 19.9 Å². The summed E-state index contributed by atoms with van der Waals surface area (Å²) in [5.41, 5.74) is 4.43. The van der Waals surface area contributed by atoms with Crippen LogP contribution in [0.15, 0.2) is 24.4 Å². The van der Waals surface area contributed by atoms with Crippen LogP contribution in [-0.2, 0) is 18.4 Å². The van der Waals surface area contributed by atoms with Crippen molar-refractivity contribution >= 4 is 11.6 Å². The minimum atomic E-state index is -1.01. The Morgan fingerprint density at radius 2 is 1.93 bits per heavy atom. The maximum Gasteiger partial charge on any atom is 0.227 e. The molecule has 0 aliphatic heterocycles. The topological polar surface area (TPSA) is 95.9 Å². The number of fused-ring (bicyclic) bond motifs is 1. The summed E-state index contributed by atoms with van der Waals surface area (Å²) >= 11 is 0. The Morgan fingerprint density at radius 1 is 1.14 bits per heavy atom. The number of imidazole rings is 1. The van der Waals surface area contributed by atoms with Crippen molar-refractivity contribution in [2.24, 2.45) is 0 Å². The van der Waals surface area contributed by atoms with Crippen molar-refractivity contribution < 1.29 is 9.84 Å². The summed E-state index contributed by atoms with van der Waals surface area (Å²) < 4.78 is 5.58. The molecular formula is C22H27N5O2. The Morgan fingerprint density at radius 3 is 2.62 bits per heavy atom. The second-order valence-electron chi connectivity index (χ2n) is 8.02. The van der Waals surface area contributed by atoms with E-state index in [1.165, 1.54) is 0 Å². The highest BCUT2D eigenvalue weighted by Crippen LogP contribution is 2.33. The van der Waals surface area contributed by atoms with Gasteiger partial charge in [-0.15, -0.1) is 0 Å². The number of aliphatic hydroxyl groups is 1. The Labute approximate surface area is 170 Å². The number of hydrogen-bond donors (Lipinski definition) is 3. The Balaban J connectivity index is 1.69. The van der Waals surface area contributed by atoms with Crippen molar-refractivity contribution in [2.45, 2.75) is 52.1 Å². The molecule has 152 valence electrons. The molecule has 7 nitrogen and oxygen atoms in total. The first-order valence-electron chi connectivity index (χ1n) is 9.95. The monoisotopic (exact) mass is 393 g/mol. The highest BCUT2D eigenvalue weighted by molar-refractivity contribution is 5.70. The minimum absolute atomic E-state index is 0.492. The molecule has 0 bridgehead atoms. The molecule has 3 aromatic rings. The molecule has 0 fully saturated rings.